The van der Waals surface area contributed by atoms with Crippen LogP contribution < -0.4 is 5.32 Å². The molecular formula is C32H31N3O. The molecular weight excluding hydrogens is 442 g/mol. The number of fused-ring (bicyclic) bond motifs is 1. The van der Waals surface area contributed by atoms with Crippen LogP contribution in [0, 0.1) is 13.8 Å². The van der Waals surface area contributed by atoms with Gasteiger partial charge in [-0.15, -0.1) is 0 Å². The smallest absolute Gasteiger partial charge is 0.220 e. The van der Waals surface area contributed by atoms with Crippen molar-refractivity contribution in [3.05, 3.63) is 120 Å². The summed E-state index contributed by atoms with van der Waals surface area (Å²) in [6.07, 6.45) is 3.14. The number of hydrogen-bond donors (Lipinski definition) is 1. The molecule has 0 spiro atoms. The number of carbonyl (C=O) groups is 1. The molecule has 0 aliphatic carbocycles. The van der Waals surface area contributed by atoms with E-state index in [0.29, 0.717) is 12.8 Å². The van der Waals surface area contributed by atoms with Gasteiger partial charge in [-0.2, -0.15) is 0 Å². The van der Waals surface area contributed by atoms with Crippen molar-refractivity contribution in [1.29, 1.82) is 0 Å². The van der Waals surface area contributed by atoms with Gasteiger partial charge >= 0.3 is 0 Å². The Bertz CT molecular complexity index is 1500. The lowest BCUT2D eigenvalue weighted by Gasteiger charge is -2.14. The first-order valence-corrected chi connectivity index (χ1v) is 12.5. The van der Waals surface area contributed by atoms with Gasteiger partial charge in [-0.3, -0.25) is 4.79 Å². The number of carbonyl (C=O) groups excluding carboxylic acids is 1. The fraction of sp³-hybridized carbons (Fsp3) is 0.188. The van der Waals surface area contributed by atoms with E-state index in [4.69, 9.17) is 4.98 Å². The summed E-state index contributed by atoms with van der Waals surface area (Å²) in [6, 6.07) is 31.0. The highest BCUT2D eigenvalue weighted by atomic mass is 16.1. The van der Waals surface area contributed by atoms with Crippen LogP contribution in [0.15, 0.2) is 97.2 Å². The Hall–Kier alpha value is -4.18. The van der Waals surface area contributed by atoms with Gasteiger partial charge in [-0.1, -0.05) is 84.4 Å². The Morgan fingerprint density at radius 2 is 1.61 bits per heavy atom. The van der Waals surface area contributed by atoms with E-state index < -0.39 is 0 Å². The van der Waals surface area contributed by atoms with E-state index in [1.54, 1.807) is 0 Å². The van der Waals surface area contributed by atoms with Gasteiger partial charge in [0, 0.05) is 18.2 Å². The molecule has 0 fully saturated rings. The lowest BCUT2D eigenvalue weighted by Crippen LogP contribution is -2.26. The lowest BCUT2D eigenvalue weighted by atomic mass is 10.00. The molecule has 0 unspecified atom stereocenters. The summed E-state index contributed by atoms with van der Waals surface area (Å²) in [4.78, 5) is 17.9. The Balaban J connectivity index is 1.49. The molecule has 1 N–H and O–H groups in total. The Labute approximate surface area is 212 Å². The number of nitrogens with one attached hydrogen (secondary N) is 1. The van der Waals surface area contributed by atoms with E-state index in [1.165, 1.54) is 16.7 Å². The zero-order valence-corrected chi connectivity index (χ0v) is 21.0. The molecule has 36 heavy (non-hydrogen) atoms. The van der Waals surface area contributed by atoms with E-state index in [-0.39, 0.29) is 11.9 Å². The second kappa shape index (κ2) is 10.2. The Morgan fingerprint density at radius 3 is 2.36 bits per heavy atom. The number of benzene rings is 3. The molecule has 0 saturated heterocycles. The number of aryl methyl sites for hydroxylation is 3. The van der Waals surface area contributed by atoms with Gasteiger partial charge in [0.25, 0.3) is 0 Å². The zero-order chi connectivity index (χ0) is 25.1. The molecule has 0 bridgehead atoms. The average molecular weight is 474 g/mol. The molecule has 0 aliphatic rings. The fourth-order valence-corrected chi connectivity index (χ4v) is 4.74. The standard InChI is InChI=1S/C32H31N3O/c1-22-14-15-23(2)28(20-22)27-16-18-30-34-32(26-12-8-5-9-13-26)29(35(30)21-27)17-19-31(36)33-24(3)25-10-6-4-7-11-25/h4-16,18,20-21,24H,17,19H2,1-3H3,(H,33,36)/t24-/m1/s1. The number of hydrogen-bond acceptors (Lipinski definition) is 2. The molecule has 0 radical (unpaired) electrons. The topological polar surface area (TPSA) is 46.4 Å². The molecule has 1 atom stereocenters. The van der Waals surface area contributed by atoms with Crippen molar-refractivity contribution in [2.75, 3.05) is 0 Å². The quantitative estimate of drug-likeness (QED) is 0.274. The number of nitrogens with zero attached hydrogens (tertiary/aromatic N) is 2. The van der Waals surface area contributed by atoms with Gasteiger partial charge in [0.2, 0.25) is 5.91 Å². The summed E-state index contributed by atoms with van der Waals surface area (Å²) in [5, 5.41) is 3.15. The van der Waals surface area contributed by atoms with Crippen LogP contribution in [0.1, 0.15) is 41.8 Å². The second-order valence-corrected chi connectivity index (χ2v) is 9.44. The van der Waals surface area contributed by atoms with E-state index in [2.05, 4.69) is 72.2 Å². The summed E-state index contributed by atoms with van der Waals surface area (Å²) in [6.45, 7) is 6.28. The van der Waals surface area contributed by atoms with E-state index >= 15 is 0 Å². The molecule has 0 aliphatic heterocycles. The van der Waals surface area contributed by atoms with Crippen LogP contribution in [-0.2, 0) is 11.2 Å². The summed E-state index contributed by atoms with van der Waals surface area (Å²) < 4.78 is 2.16. The van der Waals surface area contributed by atoms with E-state index in [0.717, 1.165) is 33.7 Å². The maximum Gasteiger partial charge on any atom is 0.220 e. The monoisotopic (exact) mass is 473 g/mol. The van der Waals surface area contributed by atoms with Crippen molar-refractivity contribution in [2.24, 2.45) is 0 Å². The van der Waals surface area contributed by atoms with Crippen molar-refractivity contribution in [1.82, 2.24) is 14.7 Å². The molecule has 180 valence electrons. The third-order valence-electron chi connectivity index (χ3n) is 6.73. The number of imidazole rings is 1. The van der Waals surface area contributed by atoms with Crippen LogP contribution in [0.5, 0.6) is 0 Å². The van der Waals surface area contributed by atoms with Gasteiger partial charge < -0.3 is 9.72 Å². The van der Waals surface area contributed by atoms with Crippen LogP contribution in [0.3, 0.4) is 0 Å². The third-order valence-corrected chi connectivity index (χ3v) is 6.73. The minimum atomic E-state index is -0.0367. The predicted molar refractivity (Wildman–Crippen MR) is 147 cm³/mol. The average Bonchev–Trinajstić information content (AvgIpc) is 3.27. The zero-order valence-electron chi connectivity index (χ0n) is 21.0. The largest absolute Gasteiger partial charge is 0.350 e. The first kappa shape index (κ1) is 23.6. The first-order valence-electron chi connectivity index (χ1n) is 12.5. The second-order valence-electron chi connectivity index (χ2n) is 9.44. The molecule has 2 heterocycles. The van der Waals surface area contributed by atoms with Crippen LogP contribution in [-0.4, -0.2) is 15.3 Å². The number of rotatable bonds is 7. The van der Waals surface area contributed by atoms with Crippen LogP contribution in [0.2, 0.25) is 0 Å². The third kappa shape index (κ3) is 4.94. The molecule has 4 heteroatoms. The summed E-state index contributed by atoms with van der Waals surface area (Å²) >= 11 is 0. The maximum atomic E-state index is 12.9. The minimum Gasteiger partial charge on any atom is -0.350 e. The van der Waals surface area contributed by atoms with Crippen molar-refractivity contribution < 1.29 is 4.79 Å². The normalized spacial score (nSPS) is 12.0. The van der Waals surface area contributed by atoms with Crippen molar-refractivity contribution in [2.45, 2.75) is 39.7 Å². The Kier molecular flexibility index (Phi) is 6.68. The first-order chi connectivity index (χ1) is 17.5. The van der Waals surface area contributed by atoms with Crippen molar-refractivity contribution in [3.8, 4) is 22.4 Å². The number of amides is 1. The summed E-state index contributed by atoms with van der Waals surface area (Å²) in [7, 11) is 0. The van der Waals surface area contributed by atoms with E-state index in [9.17, 15) is 4.79 Å². The van der Waals surface area contributed by atoms with Crippen molar-refractivity contribution >= 4 is 11.6 Å². The van der Waals surface area contributed by atoms with Gasteiger partial charge in [-0.05, 0) is 61.6 Å². The minimum absolute atomic E-state index is 0.0333. The van der Waals surface area contributed by atoms with Crippen LogP contribution in [0.25, 0.3) is 28.0 Å². The number of aromatic nitrogens is 2. The highest BCUT2D eigenvalue weighted by Gasteiger charge is 2.17. The molecule has 2 aromatic heterocycles. The van der Waals surface area contributed by atoms with Gasteiger partial charge in [0.1, 0.15) is 5.65 Å². The number of pyridine rings is 1. The Morgan fingerprint density at radius 1 is 0.889 bits per heavy atom. The molecule has 0 saturated carbocycles. The molecule has 3 aromatic carbocycles. The van der Waals surface area contributed by atoms with Gasteiger partial charge in [-0.25, -0.2) is 4.98 Å². The van der Waals surface area contributed by atoms with Gasteiger partial charge in [0.15, 0.2) is 0 Å². The van der Waals surface area contributed by atoms with Gasteiger partial charge in [0.05, 0.1) is 17.4 Å². The fourth-order valence-electron chi connectivity index (χ4n) is 4.74. The van der Waals surface area contributed by atoms with Crippen LogP contribution in [0.4, 0.5) is 0 Å². The highest BCUT2D eigenvalue weighted by Crippen LogP contribution is 2.30. The highest BCUT2D eigenvalue weighted by molar-refractivity contribution is 5.78. The maximum absolute atomic E-state index is 12.9. The predicted octanol–water partition coefficient (Wildman–Crippen LogP) is 7.10. The molecule has 5 aromatic rings. The van der Waals surface area contributed by atoms with E-state index in [1.807, 2.05) is 55.5 Å². The molecule has 4 nitrogen and oxygen atoms in total. The molecule has 1 amide bonds. The summed E-state index contributed by atoms with van der Waals surface area (Å²) in [5.74, 6) is 0.0333. The van der Waals surface area contributed by atoms with Crippen LogP contribution >= 0.6 is 0 Å². The summed E-state index contributed by atoms with van der Waals surface area (Å²) in [5.41, 5.74) is 9.84. The SMILES string of the molecule is Cc1ccc(C)c(-c2ccc3nc(-c4ccccc4)c(CCC(=O)N[C@H](C)c4ccccc4)n3c2)c1. The molecule has 5 rings (SSSR count). The van der Waals surface area contributed by atoms with Crippen molar-refractivity contribution in [3.63, 3.8) is 0 Å². The lowest BCUT2D eigenvalue weighted by molar-refractivity contribution is -0.121.